The SMILES string of the molecule is COC(=O)c1cccc(C(CO[Si](C)(C)C(C)(C)C)C2CC2)c1. The lowest BCUT2D eigenvalue weighted by atomic mass is 9.94. The summed E-state index contributed by atoms with van der Waals surface area (Å²) < 4.78 is 11.3. The number of ether oxygens (including phenoxy) is 1. The summed E-state index contributed by atoms with van der Waals surface area (Å²) in [5.41, 5.74) is 1.83. The first-order valence-corrected chi connectivity index (χ1v) is 11.4. The molecule has 128 valence electrons. The van der Waals surface area contributed by atoms with Gasteiger partial charge in [0.05, 0.1) is 12.7 Å². The quantitative estimate of drug-likeness (QED) is 0.543. The second-order valence-corrected chi connectivity index (χ2v) is 12.9. The molecule has 1 aromatic rings. The molecule has 0 amide bonds. The van der Waals surface area contributed by atoms with Crippen molar-refractivity contribution in [2.24, 2.45) is 5.92 Å². The van der Waals surface area contributed by atoms with Gasteiger partial charge in [-0.05, 0) is 54.6 Å². The van der Waals surface area contributed by atoms with Crippen LogP contribution >= 0.6 is 0 Å². The zero-order valence-corrected chi connectivity index (χ0v) is 16.3. The minimum absolute atomic E-state index is 0.217. The maximum atomic E-state index is 11.8. The minimum atomic E-state index is -1.75. The van der Waals surface area contributed by atoms with E-state index in [4.69, 9.17) is 9.16 Å². The molecule has 23 heavy (non-hydrogen) atoms. The Balaban J connectivity index is 2.15. The number of carbonyl (C=O) groups is 1. The molecule has 1 aliphatic carbocycles. The van der Waals surface area contributed by atoms with E-state index in [2.05, 4.69) is 39.9 Å². The normalized spacial score (nSPS) is 17.0. The van der Waals surface area contributed by atoms with Crippen LogP contribution in [0.4, 0.5) is 0 Å². The lowest BCUT2D eigenvalue weighted by molar-refractivity contribution is 0.0600. The van der Waals surface area contributed by atoms with Gasteiger partial charge in [0, 0.05) is 12.5 Å². The van der Waals surface area contributed by atoms with Gasteiger partial charge in [0.25, 0.3) is 0 Å². The van der Waals surface area contributed by atoms with Crippen molar-refractivity contribution in [2.45, 2.75) is 57.7 Å². The molecule has 1 aromatic carbocycles. The molecule has 0 heterocycles. The van der Waals surface area contributed by atoms with Crippen molar-refractivity contribution in [1.82, 2.24) is 0 Å². The fourth-order valence-electron chi connectivity index (χ4n) is 2.53. The number of benzene rings is 1. The highest BCUT2D eigenvalue weighted by Crippen LogP contribution is 2.44. The van der Waals surface area contributed by atoms with Gasteiger partial charge in [-0.3, -0.25) is 0 Å². The maximum absolute atomic E-state index is 11.8. The monoisotopic (exact) mass is 334 g/mol. The van der Waals surface area contributed by atoms with E-state index in [1.807, 2.05) is 18.2 Å². The minimum Gasteiger partial charge on any atom is -0.465 e. The predicted molar refractivity (Wildman–Crippen MR) is 96.4 cm³/mol. The van der Waals surface area contributed by atoms with E-state index in [9.17, 15) is 4.79 Å². The first-order chi connectivity index (χ1) is 10.7. The molecule has 0 aromatic heterocycles. The first kappa shape index (κ1) is 18.2. The number of rotatable bonds is 6. The molecule has 1 saturated carbocycles. The Morgan fingerprint density at radius 2 is 1.96 bits per heavy atom. The summed E-state index contributed by atoms with van der Waals surface area (Å²) in [7, 11) is -0.328. The summed E-state index contributed by atoms with van der Waals surface area (Å²) in [6, 6.07) is 7.85. The predicted octanol–water partition coefficient (Wildman–Crippen LogP) is 4.99. The van der Waals surface area contributed by atoms with Crippen LogP contribution in [-0.4, -0.2) is 28.0 Å². The van der Waals surface area contributed by atoms with Crippen molar-refractivity contribution in [3.63, 3.8) is 0 Å². The Hall–Kier alpha value is -1.13. The topological polar surface area (TPSA) is 35.5 Å². The van der Waals surface area contributed by atoms with Gasteiger partial charge < -0.3 is 9.16 Å². The molecule has 0 bridgehead atoms. The molecule has 2 rings (SSSR count). The van der Waals surface area contributed by atoms with Crippen LogP contribution in [0.1, 0.15) is 55.5 Å². The number of carbonyl (C=O) groups excluding carboxylic acids is 1. The van der Waals surface area contributed by atoms with E-state index in [0.29, 0.717) is 17.4 Å². The van der Waals surface area contributed by atoms with Crippen molar-refractivity contribution in [1.29, 1.82) is 0 Å². The van der Waals surface area contributed by atoms with Crippen LogP contribution < -0.4 is 0 Å². The van der Waals surface area contributed by atoms with Crippen molar-refractivity contribution >= 4 is 14.3 Å². The molecule has 1 unspecified atom stereocenters. The molecule has 1 atom stereocenters. The number of esters is 1. The summed E-state index contributed by atoms with van der Waals surface area (Å²) in [5.74, 6) is 0.799. The van der Waals surface area contributed by atoms with Crippen LogP contribution in [0, 0.1) is 5.92 Å². The summed E-state index contributed by atoms with van der Waals surface area (Å²) in [5, 5.41) is 0.217. The zero-order chi connectivity index (χ0) is 17.3. The van der Waals surface area contributed by atoms with E-state index in [1.165, 1.54) is 25.5 Å². The fourth-order valence-corrected chi connectivity index (χ4v) is 3.56. The fraction of sp³-hybridized carbons (Fsp3) is 0.632. The average Bonchev–Trinajstić information content (AvgIpc) is 3.30. The molecular formula is C19H30O3Si. The van der Waals surface area contributed by atoms with Crippen LogP contribution in [0.2, 0.25) is 18.1 Å². The van der Waals surface area contributed by atoms with E-state index in [1.54, 1.807) is 0 Å². The van der Waals surface area contributed by atoms with Gasteiger partial charge in [-0.15, -0.1) is 0 Å². The smallest absolute Gasteiger partial charge is 0.337 e. The molecular weight excluding hydrogens is 304 g/mol. The number of hydrogen-bond donors (Lipinski definition) is 0. The van der Waals surface area contributed by atoms with E-state index in [-0.39, 0.29) is 11.0 Å². The van der Waals surface area contributed by atoms with Crippen LogP contribution in [0.25, 0.3) is 0 Å². The molecule has 1 fully saturated rings. The lowest BCUT2D eigenvalue weighted by Crippen LogP contribution is -2.41. The van der Waals surface area contributed by atoms with Gasteiger partial charge in [-0.1, -0.05) is 32.9 Å². The summed E-state index contributed by atoms with van der Waals surface area (Å²) >= 11 is 0. The van der Waals surface area contributed by atoms with Crippen LogP contribution in [0.5, 0.6) is 0 Å². The second-order valence-electron chi connectivity index (χ2n) is 8.13. The first-order valence-electron chi connectivity index (χ1n) is 8.48. The van der Waals surface area contributed by atoms with Crippen LogP contribution in [0.15, 0.2) is 24.3 Å². The third-order valence-electron chi connectivity index (χ3n) is 5.36. The standard InChI is InChI=1S/C19H30O3Si/c1-19(2,3)23(5,6)22-13-17(14-10-11-14)15-8-7-9-16(12-15)18(20)21-4/h7-9,12,14,17H,10-11,13H2,1-6H3. The molecule has 0 aliphatic heterocycles. The van der Waals surface area contributed by atoms with E-state index >= 15 is 0 Å². The Kier molecular flexibility index (Phi) is 5.36. The lowest BCUT2D eigenvalue weighted by Gasteiger charge is -2.37. The van der Waals surface area contributed by atoms with E-state index < -0.39 is 8.32 Å². The highest BCUT2D eigenvalue weighted by molar-refractivity contribution is 6.74. The highest BCUT2D eigenvalue weighted by atomic mass is 28.4. The van der Waals surface area contributed by atoms with Crippen LogP contribution in [0.3, 0.4) is 0 Å². The van der Waals surface area contributed by atoms with Crippen molar-refractivity contribution < 1.29 is 14.0 Å². The van der Waals surface area contributed by atoms with Gasteiger partial charge in [-0.2, -0.15) is 0 Å². The van der Waals surface area contributed by atoms with Gasteiger partial charge in [-0.25, -0.2) is 4.79 Å². The van der Waals surface area contributed by atoms with Gasteiger partial charge in [0.15, 0.2) is 8.32 Å². The summed E-state index contributed by atoms with van der Waals surface area (Å²) in [6.07, 6.45) is 2.52. The van der Waals surface area contributed by atoms with E-state index in [0.717, 1.165) is 6.61 Å². The Morgan fingerprint density at radius 1 is 1.30 bits per heavy atom. The van der Waals surface area contributed by atoms with Gasteiger partial charge in [0.1, 0.15) is 0 Å². The Labute approximate surface area is 141 Å². The molecule has 3 nitrogen and oxygen atoms in total. The van der Waals surface area contributed by atoms with Gasteiger partial charge in [0.2, 0.25) is 0 Å². The number of hydrogen-bond acceptors (Lipinski definition) is 3. The molecule has 1 aliphatic rings. The highest BCUT2D eigenvalue weighted by Gasteiger charge is 2.40. The summed E-state index contributed by atoms with van der Waals surface area (Å²) in [6.45, 7) is 12.1. The Morgan fingerprint density at radius 3 is 2.48 bits per heavy atom. The average molecular weight is 335 g/mol. The molecule has 0 saturated heterocycles. The van der Waals surface area contributed by atoms with Crippen molar-refractivity contribution in [3.8, 4) is 0 Å². The molecule has 0 spiro atoms. The maximum Gasteiger partial charge on any atom is 0.337 e. The third kappa shape index (κ3) is 4.45. The molecule has 0 N–H and O–H groups in total. The van der Waals surface area contributed by atoms with Crippen molar-refractivity contribution in [2.75, 3.05) is 13.7 Å². The van der Waals surface area contributed by atoms with Crippen molar-refractivity contribution in [3.05, 3.63) is 35.4 Å². The molecule has 4 heteroatoms. The van der Waals surface area contributed by atoms with Gasteiger partial charge >= 0.3 is 5.97 Å². The Bertz CT molecular complexity index is 556. The second kappa shape index (κ2) is 6.77. The molecule has 0 radical (unpaired) electrons. The zero-order valence-electron chi connectivity index (χ0n) is 15.3. The summed E-state index contributed by atoms with van der Waals surface area (Å²) in [4.78, 5) is 11.8. The number of methoxy groups -OCH3 is 1. The largest absolute Gasteiger partial charge is 0.465 e. The third-order valence-corrected chi connectivity index (χ3v) is 9.86. The van der Waals surface area contributed by atoms with Crippen LogP contribution in [-0.2, 0) is 9.16 Å².